The van der Waals surface area contributed by atoms with Gasteiger partial charge in [0.1, 0.15) is 0 Å². The summed E-state index contributed by atoms with van der Waals surface area (Å²) in [5, 5.41) is 16.8. The van der Waals surface area contributed by atoms with Gasteiger partial charge in [0.15, 0.2) is 0 Å². The number of ether oxygens (including phenoxy) is 1. The fourth-order valence-corrected chi connectivity index (χ4v) is 0.705. The third-order valence-electron chi connectivity index (χ3n) is 1.21. The highest BCUT2D eigenvalue weighted by molar-refractivity contribution is 5.98. The van der Waals surface area contributed by atoms with Gasteiger partial charge in [-0.1, -0.05) is 0 Å². The molecule has 0 heterocycles. The van der Waals surface area contributed by atoms with E-state index in [0.717, 1.165) is 0 Å². The fraction of sp³-hybridized carbons (Fsp3) is 0.375. The first-order valence-corrected chi connectivity index (χ1v) is 3.79. The molecule has 2 N–H and O–H groups in total. The van der Waals surface area contributed by atoms with Gasteiger partial charge in [-0.3, -0.25) is 4.79 Å². The normalized spacial score (nSPS) is 10.8. The van der Waals surface area contributed by atoms with E-state index in [2.05, 4.69) is 4.74 Å². The minimum atomic E-state index is -1.44. The zero-order valence-electron chi connectivity index (χ0n) is 7.52. The van der Waals surface area contributed by atoms with Crippen LogP contribution in [0.1, 0.15) is 13.3 Å². The van der Waals surface area contributed by atoms with E-state index in [9.17, 15) is 14.4 Å². The second-order valence-electron chi connectivity index (χ2n) is 2.29. The van der Waals surface area contributed by atoms with Crippen molar-refractivity contribution < 1.29 is 29.3 Å². The Morgan fingerprint density at radius 3 is 2.21 bits per heavy atom. The Morgan fingerprint density at radius 2 is 1.86 bits per heavy atom. The number of carboxylic acids is 2. The van der Waals surface area contributed by atoms with Gasteiger partial charge in [-0.25, -0.2) is 9.59 Å². The molecular formula is C8H10O6. The quantitative estimate of drug-likeness (QED) is 0.482. The topological polar surface area (TPSA) is 101 Å². The molecule has 6 heteroatoms. The Morgan fingerprint density at radius 1 is 1.29 bits per heavy atom. The van der Waals surface area contributed by atoms with E-state index in [1.165, 1.54) is 0 Å². The number of carboxylic acid groups (broad SMARTS) is 2. The molecule has 0 saturated heterocycles. The average Bonchev–Trinajstić information content (AvgIpc) is 2.02. The van der Waals surface area contributed by atoms with Crippen molar-refractivity contribution in [1.82, 2.24) is 0 Å². The number of hydrogen-bond acceptors (Lipinski definition) is 4. The van der Waals surface area contributed by atoms with Gasteiger partial charge in [-0.15, -0.1) is 0 Å². The molecule has 14 heavy (non-hydrogen) atoms. The number of aliphatic carboxylic acids is 2. The van der Waals surface area contributed by atoms with Crippen molar-refractivity contribution in [1.29, 1.82) is 0 Å². The Labute approximate surface area is 79.8 Å². The number of rotatable bonds is 5. The standard InChI is InChI=1S/C8H10O6/c1-2-14-7(11)4-5(8(12)13)3-6(9)10/h3H,2,4H2,1H3,(H,9,10)(H,12,13)/b5-3-. The molecule has 0 aliphatic heterocycles. The molecule has 0 spiro atoms. The van der Waals surface area contributed by atoms with Gasteiger partial charge in [-0.05, 0) is 6.92 Å². The van der Waals surface area contributed by atoms with Crippen LogP contribution in [0.3, 0.4) is 0 Å². The van der Waals surface area contributed by atoms with Crippen LogP contribution in [-0.2, 0) is 19.1 Å². The van der Waals surface area contributed by atoms with Crippen molar-refractivity contribution in [2.75, 3.05) is 6.61 Å². The first-order valence-electron chi connectivity index (χ1n) is 3.79. The van der Waals surface area contributed by atoms with Crippen molar-refractivity contribution in [2.24, 2.45) is 0 Å². The van der Waals surface area contributed by atoms with Crippen LogP contribution in [0, 0.1) is 0 Å². The molecule has 0 radical (unpaired) electrons. The maximum atomic E-state index is 10.8. The second-order valence-corrected chi connectivity index (χ2v) is 2.29. The van der Waals surface area contributed by atoms with E-state index in [4.69, 9.17) is 10.2 Å². The van der Waals surface area contributed by atoms with Crippen LogP contribution in [0.25, 0.3) is 0 Å². The van der Waals surface area contributed by atoms with Gasteiger partial charge in [0, 0.05) is 6.08 Å². The Kier molecular flexibility index (Phi) is 4.98. The summed E-state index contributed by atoms with van der Waals surface area (Å²) in [7, 11) is 0. The average molecular weight is 202 g/mol. The molecular weight excluding hydrogens is 192 g/mol. The number of hydrogen-bond donors (Lipinski definition) is 2. The van der Waals surface area contributed by atoms with Gasteiger partial charge in [0.2, 0.25) is 0 Å². The van der Waals surface area contributed by atoms with E-state index in [-0.39, 0.29) is 6.61 Å². The third-order valence-corrected chi connectivity index (χ3v) is 1.21. The summed E-state index contributed by atoms with van der Waals surface area (Å²) in [6.45, 7) is 1.69. The van der Waals surface area contributed by atoms with E-state index in [1.807, 2.05) is 0 Å². The second kappa shape index (κ2) is 5.74. The van der Waals surface area contributed by atoms with Crippen molar-refractivity contribution >= 4 is 17.9 Å². The highest BCUT2D eigenvalue weighted by Gasteiger charge is 2.14. The lowest BCUT2D eigenvalue weighted by Crippen LogP contribution is -2.11. The van der Waals surface area contributed by atoms with Crippen LogP contribution < -0.4 is 0 Å². The summed E-state index contributed by atoms with van der Waals surface area (Å²) in [5.74, 6) is -3.62. The molecule has 78 valence electrons. The maximum Gasteiger partial charge on any atom is 0.332 e. The lowest BCUT2D eigenvalue weighted by Gasteiger charge is -2.01. The van der Waals surface area contributed by atoms with E-state index in [1.54, 1.807) is 6.92 Å². The molecule has 0 bridgehead atoms. The van der Waals surface area contributed by atoms with Crippen LogP contribution in [-0.4, -0.2) is 34.7 Å². The lowest BCUT2D eigenvalue weighted by atomic mass is 10.2. The molecule has 0 rings (SSSR count). The zero-order valence-corrected chi connectivity index (χ0v) is 7.52. The van der Waals surface area contributed by atoms with Gasteiger partial charge in [0.05, 0.1) is 18.6 Å². The van der Waals surface area contributed by atoms with Crippen molar-refractivity contribution in [2.45, 2.75) is 13.3 Å². The fourth-order valence-electron chi connectivity index (χ4n) is 0.705. The van der Waals surface area contributed by atoms with Gasteiger partial charge in [-0.2, -0.15) is 0 Å². The van der Waals surface area contributed by atoms with Gasteiger partial charge >= 0.3 is 17.9 Å². The van der Waals surface area contributed by atoms with E-state index < -0.39 is 29.9 Å². The summed E-state index contributed by atoms with van der Waals surface area (Å²) in [6.07, 6.45) is -0.0747. The summed E-state index contributed by atoms with van der Waals surface area (Å²) < 4.78 is 4.47. The maximum absolute atomic E-state index is 10.8. The number of esters is 1. The molecule has 0 aromatic heterocycles. The van der Waals surface area contributed by atoms with Gasteiger partial charge < -0.3 is 14.9 Å². The molecule has 0 atom stereocenters. The Hall–Kier alpha value is -1.85. The molecule has 0 aliphatic rings. The molecule has 6 nitrogen and oxygen atoms in total. The van der Waals surface area contributed by atoms with Crippen LogP contribution >= 0.6 is 0 Å². The number of carbonyl (C=O) groups is 3. The third kappa shape index (κ3) is 4.91. The van der Waals surface area contributed by atoms with E-state index >= 15 is 0 Å². The predicted molar refractivity (Wildman–Crippen MR) is 44.6 cm³/mol. The van der Waals surface area contributed by atoms with Crippen molar-refractivity contribution in [3.63, 3.8) is 0 Å². The summed E-state index contributed by atoms with van der Waals surface area (Å²) in [5.41, 5.74) is -0.504. The van der Waals surface area contributed by atoms with Crippen LogP contribution in [0.5, 0.6) is 0 Å². The molecule has 0 aliphatic carbocycles. The zero-order chi connectivity index (χ0) is 11.1. The smallest absolute Gasteiger partial charge is 0.332 e. The highest BCUT2D eigenvalue weighted by atomic mass is 16.5. The SMILES string of the molecule is CCOC(=O)C/C(=C/C(=O)O)C(=O)O. The minimum Gasteiger partial charge on any atom is -0.478 e. The summed E-state index contributed by atoms with van der Waals surface area (Å²) >= 11 is 0. The Balaban J connectivity index is 4.47. The highest BCUT2D eigenvalue weighted by Crippen LogP contribution is 2.03. The van der Waals surface area contributed by atoms with Crippen LogP contribution in [0.4, 0.5) is 0 Å². The number of carbonyl (C=O) groups excluding carboxylic acids is 1. The molecule has 0 fully saturated rings. The molecule has 0 unspecified atom stereocenters. The first kappa shape index (κ1) is 12.2. The predicted octanol–water partition coefficient (Wildman–Crippen LogP) is 0.0352. The van der Waals surface area contributed by atoms with Crippen molar-refractivity contribution in [3.05, 3.63) is 11.6 Å². The molecule has 0 aromatic rings. The first-order chi connectivity index (χ1) is 6.47. The van der Waals surface area contributed by atoms with Crippen molar-refractivity contribution in [3.8, 4) is 0 Å². The van der Waals surface area contributed by atoms with Crippen LogP contribution in [0.15, 0.2) is 11.6 Å². The lowest BCUT2D eigenvalue weighted by molar-refractivity contribution is -0.144. The summed E-state index contributed by atoms with van der Waals surface area (Å²) in [6, 6.07) is 0. The summed E-state index contributed by atoms with van der Waals surface area (Å²) in [4.78, 5) is 31.4. The monoisotopic (exact) mass is 202 g/mol. The minimum absolute atomic E-state index is 0.124. The molecule has 0 aromatic carbocycles. The Bertz CT molecular complexity index is 278. The van der Waals surface area contributed by atoms with Crippen LogP contribution in [0.2, 0.25) is 0 Å². The molecule has 0 saturated carbocycles. The largest absolute Gasteiger partial charge is 0.478 e. The van der Waals surface area contributed by atoms with E-state index in [0.29, 0.717) is 6.08 Å². The van der Waals surface area contributed by atoms with Gasteiger partial charge in [0.25, 0.3) is 0 Å². The molecule has 0 amide bonds.